The van der Waals surface area contributed by atoms with Gasteiger partial charge in [-0.3, -0.25) is 0 Å². The number of esters is 2. The van der Waals surface area contributed by atoms with Crippen molar-refractivity contribution in [3.8, 4) is 0 Å². The van der Waals surface area contributed by atoms with Crippen LogP contribution in [0.5, 0.6) is 0 Å². The summed E-state index contributed by atoms with van der Waals surface area (Å²) in [5.41, 5.74) is 0.956. The van der Waals surface area contributed by atoms with E-state index in [2.05, 4.69) is 23.9 Å². The Hall–Kier alpha value is -1.34. The highest BCUT2D eigenvalue weighted by Gasteiger charge is 2.40. The first-order valence-corrected chi connectivity index (χ1v) is 16.3. The molecule has 0 N–H and O–H groups in total. The number of fused-ring (bicyclic) bond motifs is 2. The van der Waals surface area contributed by atoms with E-state index >= 15 is 0 Å². The topological polar surface area (TPSA) is 59.1 Å². The maximum atomic E-state index is 12.8. The zero-order valence-corrected chi connectivity index (χ0v) is 27.8. The number of rotatable bonds is 10. The number of carbonyl (C=O) groups excluding carboxylic acids is 2. The van der Waals surface area contributed by atoms with E-state index in [9.17, 15) is 9.59 Å². The summed E-state index contributed by atoms with van der Waals surface area (Å²) in [6, 6.07) is 9.44. The third-order valence-corrected chi connectivity index (χ3v) is 10.9. The van der Waals surface area contributed by atoms with Gasteiger partial charge in [0.1, 0.15) is 0 Å². The number of hydrogen-bond acceptors (Lipinski definition) is 6. The molecule has 2 aliphatic heterocycles. The minimum Gasteiger partial charge on any atom is -0.459 e. The van der Waals surface area contributed by atoms with Crippen LogP contribution in [0.15, 0.2) is 24.3 Å². The summed E-state index contributed by atoms with van der Waals surface area (Å²) in [5.74, 6) is 1.06. The number of halogens is 2. The van der Waals surface area contributed by atoms with Crippen LogP contribution in [0.3, 0.4) is 0 Å². The standard InChI is InChI=1S/C34H52N2O4.2ClH/c1-23(13-19-29-21-27-9-5-7-11-31(27)35(29)3)39-33(37)25-15-17-26(18-16-25)34(38)40-24(2)14-20-30-22-28-10-6-8-12-32(28)36(30)4;;/h15-18,23-24,27-32H,5-14,19-22H2,1-4H3;2*1H. The van der Waals surface area contributed by atoms with Crippen molar-refractivity contribution in [1.82, 2.24) is 9.80 Å². The summed E-state index contributed by atoms with van der Waals surface area (Å²) in [6.45, 7) is 3.98. The normalized spacial score (nSPS) is 30.7. The van der Waals surface area contributed by atoms with Crippen LogP contribution in [0.25, 0.3) is 0 Å². The van der Waals surface area contributed by atoms with E-state index in [1.165, 1.54) is 64.2 Å². The molecule has 0 amide bonds. The van der Waals surface area contributed by atoms with Crippen molar-refractivity contribution in [2.75, 3.05) is 14.1 Å². The van der Waals surface area contributed by atoms with Crippen LogP contribution in [-0.4, -0.2) is 72.2 Å². The highest BCUT2D eigenvalue weighted by atomic mass is 35.5. The van der Waals surface area contributed by atoms with Gasteiger partial charge in [0, 0.05) is 24.2 Å². The molecule has 2 saturated carbocycles. The van der Waals surface area contributed by atoms with Gasteiger partial charge in [0.05, 0.1) is 23.3 Å². The lowest BCUT2D eigenvalue weighted by molar-refractivity contribution is 0.0290. The maximum absolute atomic E-state index is 12.8. The number of likely N-dealkylation sites (tertiary alicyclic amines) is 2. The molecule has 6 nitrogen and oxygen atoms in total. The number of nitrogens with zero attached hydrogens (tertiary/aromatic N) is 2. The lowest BCUT2D eigenvalue weighted by Gasteiger charge is -2.31. The van der Waals surface area contributed by atoms with Gasteiger partial charge >= 0.3 is 11.9 Å². The Labute approximate surface area is 266 Å². The molecule has 42 heavy (non-hydrogen) atoms. The predicted molar refractivity (Wildman–Crippen MR) is 173 cm³/mol. The molecule has 8 heteroatoms. The second-order valence-electron chi connectivity index (χ2n) is 13.5. The Bertz CT molecular complexity index is 929. The summed E-state index contributed by atoms with van der Waals surface area (Å²) in [4.78, 5) is 30.7. The van der Waals surface area contributed by atoms with E-state index in [0.717, 1.165) is 49.6 Å². The molecule has 5 rings (SSSR count). The molecule has 4 fully saturated rings. The monoisotopic (exact) mass is 624 g/mol. The number of hydrogen-bond donors (Lipinski definition) is 0. The van der Waals surface area contributed by atoms with Crippen LogP contribution in [0, 0.1) is 11.8 Å². The molecule has 4 aliphatic rings. The number of ether oxygens (including phenoxy) is 2. The average molecular weight is 626 g/mol. The first kappa shape index (κ1) is 35.1. The quantitative estimate of drug-likeness (QED) is 0.248. The van der Waals surface area contributed by atoms with Crippen LogP contribution in [-0.2, 0) is 9.47 Å². The fourth-order valence-electron chi connectivity index (χ4n) is 8.43. The van der Waals surface area contributed by atoms with Gasteiger partial charge in [-0.15, -0.1) is 24.8 Å². The maximum Gasteiger partial charge on any atom is 0.338 e. The van der Waals surface area contributed by atoms with Crippen molar-refractivity contribution in [3.05, 3.63) is 35.4 Å². The molecule has 0 radical (unpaired) electrons. The van der Waals surface area contributed by atoms with E-state index in [0.29, 0.717) is 23.2 Å². The molecule has 1 aromatic carbocycles. The zero-order chi connectivity index (χ0) is 28.2. The van der Waals surface area contributed by atoms with Crippen molar-refractivity contribution >= 4 is 36.8 Å². The van der Waals surface area contributed by atoms with Gasteiger partial charge in [0.2, 0.25) is 0 Å². The Morgan fingerprint density at radius 2 is 1.05 bits per heavy atom. The SMILES string of the molecule is CC(CCC1CC2CCCCC2N1C)OC(=O)c1ccc(C(=O)OC(C)CCC2CC3CCCCC3N2C)cc1.Cl.Cl. The first-order chi connectivity index (χ1) is 19.3. The molecule has 8 unspecified atom stereocenters. The van der Waals surface area contributed by atoms with E-state index in [-0.39, 0.29) is 49.0 Å². The van der Waals surface area contributed by atoms with Gasteiger partial charge in [-0.2, -0.15) is 0 Å². The molecule has 8 atom stereocenters. The Balaban J connectivity index is 0.00000242. The molecule has 2 heterocycles. The van der Waals surface area contributed by atoms with Gasteiger partial charge < -0.3 is 19.3 Å². The third kappa shape index (κ3) is 8.43. The lowest BCUT2D eigenvalue weighted by atomic mass is 9.84. The van der Waals surface area contributed by atoms with E-state index in [4.69, 9.17) is 9.47 Å². The number of carbonyl (C=O) groups is 2. The predicted octanol–water partition coefficient (Wildman–Crippen LogP) is 7.71. The lowest BCUT2D eigenvalue weighted by Crippen LogP contribution is -2.35. The van der Waals surface area contributed by atoms with Gasteiger partial charge in [-0.25, -0.2) is 9.59 Å². The Morgan fingerprint density at radius 1 is 0.690 bits per heavy atom. The third-order valence-electron chi connectivity index (χ3n) is 10.9. The summed E-state index contributed by atoms with van der Waals surface area (Å²) < 4.78 is 11.5. The first-order valence-electron chi connectivity index (χ1n) is 16.3. The highest BCUT2D eigenvalue weighted by molar-refractivity contribution is 5.93. The molecule has 2 saturated heterocycles. The molecule has 1 aromatic rings. The molecule has 2 aliphatic carbocycles. The smallest absolute Gasteiger partial charge is 0.338 e. The van der Waals surface area contributed by atoms with Gasteiger partial charge in [0.15, 0.2) is 0 Å². The van der Waals surface area contributed by atoms with E-state index < -0.39 is 0 Å². The van der Waals surface area contributed by atoms with E-state index in [1.54, 1.807) is 24.3 Å². The van der Waals surface area contributed by atoms with Gasteiger partial charge in [-0.05, 0) is 128 Å². The van der Waals surface area contributed by atoms with Crippen LogP contribution in [0.4, 0.5) is 0 Å². The van der Waals surface area contributed by atoms with Gasteiger partial charge in [0.25, 0.3) is 0 Å². The zero-order valence-electron chi connectivity index (χ0n) is 26.2. The van der Waals surface area contributed by atoms with Crippen LogP contribution in [0.2, 0.25) is 0 Å². The Kier molecular flexibility index (Phi) is 13.5. The second kappa shape index (κ2) is 16.1. The molecule has 238 valence electrons. The van der Waals surface area contributed by atoms with E-state index in [1.807, 2.05) is 13.8 Å². The van der Waals surface area contributed by atoms with Crippen molar-refractivity contribution < 1.29 is 19.1 Å². The van der Waals surface area contributed by atoms with Crippen molar-refractivity contribution in [2.45, 2.75) is 140 Å². The molecule has 0 bridgehead atoms. The van der Waals surface area contributed by atoms with Crippen LogP contribution in [0.1, 0.15) is 124 Å². The molecular weight excluding hydrogens is 571 g/mol. The van der Waals surface area contributed by atoms with Crippen molar-refractivity contribution in [2.24, 2.45) is 11.8 Å². The van der Waals surface area contributed by atoms with Gasteiger partial charge in [-0.1, -0.05) is 25.7 Å². The summed E-state index contributed by atoms with van der Waals surface area (Å²) >= 11 is 0. The highest BCUT2D eigenvalue weighted by Crippen LogP contribution is 2.41. The molecule has 0 spiro atoms. The summed E-state index contributed by atoms with van der Waals surface area (Å²) in [5, 5.41) is 0. The number of benzene rings is 1. The largest absolute Gasteiger partial charge is 0.459 e. The summed E-state index contributed by atoms with van der Waals surface area (Å²) in [6.07, 6.45) is 17.1. The minimum absolute atomic E-state index is 0. The Morgan fingerprint density at radius 3 is 1.40 bits per heavy atom. The van der Waals surface area contributed by atoms with Crippen molar-refractivity contribution in [3.63, 3.8) is 0 Å². The average Bonchev–Trinajstić information content (AvgIpc) is 3.46. The second-order valence-corrected chi connectivity index (χ2v) is 13.5. The summed E-state index contributed by atoms with van der Waals surface area (Å²) in [7, 11) is 4.56. The fraction of sp³-hybridized carbons (Fsp3) is 0.765. The minimum atomic E-state index is -0.324. The molecular formula is C34H54Cl2N2O4. The fourth-order valence-corrected chi connectivity index (χ4v) is 8.43. The van der Waals surface area contributed by atoms with Crippen LogP contribution < -0.4 is 0 Å². The molecule has 0 aromatic heterocycles. The van der Waals surface area contributed by atoms with Crippen LogP contribution >= 0.6 is 24.8 Å². The van der Waals surface area contributed by atoms with Crippen molar-refractivity contribution in [1.29, 1.82) is 0 Å².